The van der Waals surface area contributed by atoms with Gasteiger partial charge in [-0.05, 0) is 36.9 Å². The number of aliphatic imine (C=N–C) groups is 1. The van der Waals surface area contributed by atoms with E-state index in [0.717, 1.165) is 11.8 Å². The van der Waals surface area contributed by atoms with E-state index >= 15 is 0 Å². The van der Waals surface area contributed by atoms with Crippen molar-refractivity contribution in [1.29, 1.82) is 0 Å². The molecule has 108 valence electrons. The lowest BCUT2D eigenvalue weighted by atomic mass is 9.89. The summed E-state index contributed by atoms with van der Waals surface area (Å²) in [6.45, 7) is 3.36. The third kappa shape index (κ3) is 3.26. The van der Waals surface area contributed by atoms with Crippen LogP contribution in [0.2, 0.25) is 0 Å². The van der Waals surface area contributed by atoms with Crippen LogP contribution < -0.4 is 5.32 Å². The van der Waals surface area contributed by atoms with Gasteiger partial charge in [-0.25, -0.2) is 0 Å². The van der Waals surface area contributed by atoms with Crippen LogP contribution in [0.1, 0.15) is 51.9 Å². The molecule has 2 atom stereocenters. The summed E-state index contributed by atoms with van der Waals surface area (Å²) in [7, 11) is 0. The van der Waals surface area contributed by atoms with Crippen LogP contribution in [-0.4, -0.2) is 34.5 Å². The number of nitrogens with one attached hydrogen (secondary N) is 1. The van der Waals surface area contributed by atoms with Crippen LogP contribution in [0.5, 0.6) is 0 Å². The summed E-state index contributed by atoms with van der Waals surface area (Å²) < 4.78 is 0. The first-order valence-corrected chi connectivity index (χ1v) is 9.90. The number of rotatable bonds is 3. The van der Waals surface area contributed by atoms with Crippen molar-refractivity contribution < 1.29 is 0 Å². The van der Waals surface area contributed by atoms with Crippen molar-refractivity contribution in [3.63, 3.8) is 0 Å². The summed E-state index contributed by atoms with van der Waals surface area (Å²) in [5.74, 6) is 2.54. The van der Waals surface area contributed by atoms with Crippen molar-refractivity contribution in [1.82, 2.24) is 5.32 Å². The van der Waals surface area contributed by atoms with Crippen LogP contribution in [0, 0.1) is 5.41 Å². The summed E-state index contributed by atoms with van der Waals surface area (Å²) in [6.07, 6.45) is 9.79. The van der Waals surface area contributed by atoms with E-state index < -0.39 is 0 Å². The summed E-state index contributed by atoms with van der Waals surface area (Å²) in [4.78, 5) is 4.88. The van der Waals surface area contributed by atoms with E-state index in [0.29, 0.717) is 11.5 Å². The van der Waals surface area contributed by atoms with Gasteiger partial charge in [0.15, 0.2) is 5.17 Å². The SMILES string of the molecule is CCSC1CCCC1NC1=NCC2(CCCC2)CS1. The minimum absolute atomic E-state index is 0.573. The van der Waals surface area contributed by atoms with Crippen LogP contribution in [0.15, 0.2) is 4.99 Å². The van der Waals surface area contributed by atoms with E-state index in [2.05, 4.69) is 24.0 Å². The number of hydrogen-bond acceptors (Lipinski definition) is 4. The Hall–Kier alpha value is 0.170. The molecule has 0 radical (unpaired) electrons. The Morgan fingerprint density at radius 1 is 1.32 bits per heavy atom. The highest BCUT2D eigenvalue weighted by molar-refractivity contribution is 8.13. The van der Waals surface area contributed by atoms with Gasteiger partial charge in [0.1, 0.15) is 0 Å². The molecule has 1 heterocycles. The predicted molar refractivity (Wildman–Crippen MR) is 88.4 cm³/mol. The molecular weight excluding hydrogens is 272 g/mol. The second-order valence-electron chi connectivity index (χ2n) is 6.29. The molecule has 2 nitrogen and oxygen atoms in total. The maximum absolute atomic E-state index is 4.88. The fourth-order valence-electron chi connectivity index (χ4n) is 3.73. The number of nitrogens with zero attached hydrogens (tertiary/aromatic N) is 1. The lowest BCUT2D eigenvalue weighted by molar-refractivity contribution is 0.358. The zero-order chi connectivity index (χ0) is 13.1. The first-order chi connectivity index (χ1) is 9.31. The van der Waals surface area contributed by atoms with Gasteiger partial charge in [0.2, 0.25) is 0 Å². The molecule has 2 aliphatic carbocycles. The van der Waals surface area contributed by atoms with Gasteiger partial charge in [-0.15, -0.1) is 0 Å². The summed E-state index contributed by atoms with van der Waals surface area (Å²) >= 11 is 4.12. The molecule has 0 aromatic heterocycles. The quantitative estimate of drug-likeness (QED) is 0.855. The van der Waals surface area contributed by atoms with E-state index in [4.69, 9.17) is 4.99 Å². The lowest BCUT2D eigenvalue weighted by Gasteiger charge is -2.32. The average Bonchev–Trinajstić information content (AvgIpc) is 3.04. The highest BCUT2D eigenvalue weighted by atomic mass is 32.2. The molecule has 0 aromatic carbocycles. The van der Waals surface area contributed by atoms with E-state index in [9.17, 15) is 0 Å². The normalized spacial score (nSPS) is 33.6. The van der Waals surface area contributed by atoms with E-state index in [-0.39, 0.29) is 0 Å². The first-order valence-electron chi connectivity index (χ1n) is 7.87. The molecule has 3 aliphatic rings. The van der Waals surface area contributed by atoms with Crippen molar-refractivity contribution in [2.75, 3.05) is 18.1 Å². The van der Waals surface area contributed by atoms with Crippen LogP contribution >= 0.6 is 23.5 Å². The van der Waals surface area contributed by atoms with Gasteiger partial charge in [-0.1, -0.05) is 37.9 Å². The van der Waals surface area contributed by atoms with Crippen molar-refractivity contribution >= 4 is 28.7 Å². The fourth-order valence-corrected chi connectivity index (χ4v) is 6.14. The third-order valence-corrected chi connectivity index (χ3v) is 7.48. The number of hydrogen-bond donors (Lipinski definition) is 1. The van der Waals surface area contributed by atoms with Crippen LogP contribution in [-0.2, 0) is 0 Å². The summed E-state index contributed by atoms with van der Waals surface area (Å²) in [5, 5.41) is 5.81. The van der Waals surface area contributed by atoms with Gasteiger partial charge in [0.25, 0.3) is 0 Å². The largest absolute Gasteiger partial charge is 0.361 e. The van der Waals surface area contributed by atoms with Crippen LogP contribution in [0.4, 0.5) is 0 Å². The molecule has 2 saturated carbocycles. The summed E-state index contributed by atoms with van der Waals surface area (Å²) in [5.41, 5.74) is 0.573. The Morgan fingerprint density at radius 2 is 2.16 bits per heavy atom. The van der Waals surface area contributed by atoms with Gasteiger partial charge in [-0.2, -0.15) is 11.8 Å². The van der Waals surface area contributed by atoms with Gasteiger partial charge in [0, 0.05) is 23.6 Å². The van der Waals surface area contributed by atoms with Crippen molar-refractivity contribution in [2.45, 2.75) is 63.2 Å². The molecular formula is C15H26N2S2. The van der Waals surface area contributed by atoms with E-state index in [1.54, 1.807) is 0 Å². The molecule has 1 N–H and O–H groups in total. The van der Waals surface area contributed by atoms with Gasteiger partial charge < -0.3 is 5.32 Å². The number of thioether (sulfide) groups is 2. The Balaban J connectivity index is 1.54. The second-order valence-corrected chi connectivity index (χ2v) is 8.77. The van der Waals surface area contributed by atoms with Gasteiger partial charge >= 0.3 is 0 Å². The van der Waals surface area contributed by atoms with Gasteiger partial charge in [-0.3, -0.25) is 4.99 Å². The Bertz CT molecular complexity index is 337. The second kappa shape index (κ2) is 6.30. The van der Waals surface area contributed by atoms with Gasteiger partial charge in [0.05, 0.1) is 0 Å². The minimum atomic E-state index is 0.573. The molecule has 4 heteroatoms. The topological polar surface area (TPSA) is 24.4 Å². The Kier molecular flexibility index (Phi) is 4.68. The standard InChI is InChI=1S/C15H26N2S2/c1-2-18-13-7-5-6-12(13)17-14-16-10-15(11-19-14)8-3-4-9-15/h12-13H,2-11H2,1H3,(H,16,17). The maximum atomic E-state index is 4.88. The zero-order valence-corrected chi connectivity index (χ0v) is 13.6. The Morgan fingerprint density at radius 3 is 2.84 bits per heavy atom. The smallest absolute Gasteiger partial charge is 0.156 e. The highest BCUT2D eigenvalue weighted by Gasteiger charge is 2.37. The maximum Gasteiger partial charge on any atom is 0.156 e. The molecule has 3 rings (SSSR count). The molecule has 0 amide bonds. The third-order valence-electron chi connectivity index (χ3n) is 4.88. The monoisotopic (exact) mass is 298 g/mol. The van der Waals surface area contributed by atoms with Crippen molar-refractivity contribution in [3.8, 4) is 0 Å². The highest BCUT2D eigenvalue weighted by Crippen LogP contribution is 2.43. The van der Waals surface area contributed by atoms with E-state index in [1.165, 1.54) is 61.6 Å². The molecule has 1 aliphatic heterocycles. The molecule has 1 spiro atoms. The van der Waals surface area contributed by atoms with Crippen LogP contribution in [0.3, 0.4) is 0 Å². The minimum Gasteiger partial charge on any atom is -0.361 e. The molecule has 2 fully saturated rings. The fraction of sp³-hybridized carbons (Fsp3) is 0.933. The first kappa shape index (κ1) is 14.1. The average molecular weight is 299 g/mol. The number of amidine groups is 1. The molecule has 0 saturated heterocycles. The van der Waals surface area contributed by atoms with Crippen LogP contribution in [0.25, 0.3) is 0 Å². The lowest BCUT2D eigenvalue weighted by Crippen LogP contribution is -2.41. The van der Waals surface area contributed by atoms with E-state index in [1.807, 2.05) is 11.8 Å². The molecule has 19 heavy (non-hydrogen) atoms. The van der Waals surface area contributed by atoms with Crippen molar-refractivity contribution in [3.05, 3.63) is 0 Å². The van der Waals surface area contributed by atoms with Crippen molar-refractivity contribution in [2.24, 2.45) is 10.4 Å². The zero-order valence-electron chi connectivity index (χ0n) is 12.0. The Labute approximate surface area is 126 Å². The predicted octanol–water partition coefficient (Wildman–Crippen LogP) is 3.91. The molecule has 0 aromatic rings. The molecule has 2 unspecified atom stereocenters. The summed E-state index contributed by atoms with van der Waals surface area (Å²) in [6, 6.07) is 0.675. The molecule has 0 bridgehead atoms.